The zero-order chi connectivity index (χ0) is 9.10. The Morgan fingerprint density at radius 3 is 3.08 bits per heavy atom. The van der Waals surface area contributed by atoms with Crippen molar-refractivity contribution >= 4 is 0 Å². The van der Waals surface area contributed by atoms with Gasteiger partial charge in [0.2, 0.25) is 0 Å². The topological polar surface area (TPSA) is 9.23 Å². The van der Waals surface area contributed by atoms with E-state index in [-0.39, 0.29) is 5.82 Å². The third-order valence-electron chi connectivity index (χ3n) is 2.22. The van der Waals surface area contributed by atoms with Gasteiger partial charge in [-0.3, -0.25) is 0 Å². The molecule has 0 unspecified atom stereocenters. The number of halogens is 1. The first kappa shape index (κ1) is 8.54. The van der Waals surface area contributed by atoms with Crippen LogP contribution in [0.25, 0.3) is 0 Å². The quantitative estimate of drug-likeness (QED) is 0.690. The van der Waals surface area contributed by atoms with Crippen LogP contribution >= 0.6 is 0 Å². The Hall–Kier alpha value is -1.05. The average molecular weight is 179 g/mol. The lowest BCUT2D eigenvalue weighted by Gasteiger charge is -2.04. The summed E-state index contributed by atoms with van der Waals surface area (Å²) in [6, 6.07) is 7.12. The Kier molecular flexibility index (Phi) is 2.48. The highest BCUT2D eigenvalue weighted by Crippen LogP contribution is 2.32. The molecule has 0 atom stereocenters. The van der Waals surface area contributed by atoms with Crippen LogP contribution in [-0.2, 0) is 0 Å². The molecule has 1 aliphatic carbocycles. The van der Waals surface area contributed by atoms with Crippen LogP contribution in [-0.4, -0.2) is 6.61 Å². The second kappa shape index (κ2) is 3.77. The van der Waals surface area contributed by atoms with E-state index in [9.17, 15) is 4.39 Å². The fourth-order valence-corrected chi connectivity index (χ4v) is 1.24. The molecule has 2 heteroatoms. The number of ether oxygens (including phenoxy) is 1. The molecule has 0 aliphatic heterocycles. The second-order valence-corrected chi connectivity index (χ2v) is 3.45. The molecule has 0 bridgehead atoms. The second-order valence-electron chi connectivity index (χ2n) is 3.45. The van der Waals surface area contributed by atoms with Crippen LogP contribution < -0.4 is 4.74 Å². The molecular formula is C11H12FO. The number of rotatable bonds is 4. The lowest BCUT2D eigenvalue weighted by molar-refractivity contribution is 0.300. The number of hydrogen-bond donors (Lipinski definition) is 0. The van der Waals surface area contributed by atoms with Gasteiger partial charge in [-0.05, 0) is 24.5 Å². The van der Waals surface area contributed by atoms with Crippen molar-refractivity contribution in [1.82, 2.24) is 0 Å². The van der Waals surface area contributed by atoms with E-state index >= 15 is 0 Å². The molecule has 1 aromatic rings. The predicted octanol–water partition coefficient (Wildman–Crippen LogP) is 2.80. The van der Waals surface area contributed by atoms with Gasteiger partial charge in [0.05, 0.1) is 6.61 Å². The van der Waals surface area contributed by atoms with Gasteiger partial charge in [-0.2, -0.15) is 0 Å². The van der Waals surface area contributed by atoms with Crippen molar-refractivity contribution in [2.45, 2.75) is 19.3 Å². The molecule has 0 spiro atoms. The van der Waals surface area contributed by atoms with Crippen LogP contribution in [0.1, 0.15) is 19.3 Å². The Morgan fingerprint density at radius 2 is 2.38 bits per heavy atom. The summed E-state index contributed by atoms with van der Waals surface area (Å²) in [5.74, 6) is 1.11. The van der Waals surface area contributed by atoms with E-state index < -0.39 is 0 Å². The zero-order valence-electron chi connectivity index (χ0n) is 7.42. The first-order valence-electron chi connectivity index (χ1n) is 4.64. The van der Waals surface area contributed by atoms with E-state index in [0.717, 1.165) is 12.3 Å². The fourth-order valence-electron chi connectivity index (χ4n) is 1.24. The molecule has 0 aromatic heterocycles. The van der Waals surface area contributed by atoms with Gasteiger partial charge in [-0.1, -0.05) is 12.8 Å². The van der Waals surface area contributed by atoms with Crippen molar-refractivity contribution < 1.29 is 9.13 Å². The first-order valence-corrected chi connectivity index (χ1v) is 4.64. The predicted molar refractivity (Wildman–Crippen MR) is 48.1 cm³/mol. The Morgan fingerprint density at radius 1 is 1.54 bits per heavy atom. The Balaban J connectivity index is 1.79. The van der Waals surface area contributed by atoms with Gasteiger partial charge in [0.15, 0.2) is 0 Å². The smallest absolute Gasteiger partial charge is 0.130 e. The van der Waals surface area contributed by atoms with E-state index in [1.807, 2.05) is 0 Å². The molecule has 1 nitrogen and oxygen atoms in total. The molecule has 0 amide bonds. The molecule has 1 radical (unpaired) electrons. The monoisotopic (exact) mass is 179 g/mol. The number of hydrogen-bond acceptors (Lipinski definition) is 1. The van der Waals surface area contributed by atoms with Crippen molar-refractivity contribution in [3.63, 3.8) is 0 Å². The molecular weight excluding hydrogens is 167 g/mol. The van der Waals surface area contributed by atoms with Gasteiger partial charge in [0.25, 0.3) is 0 Å². The third-order valence-corrected chi connectivity index (χ3v) is 2.22. The summed E-state index contributed by atoms with van der Waals surface area (Å²) in [6.45, 7) is 0.685. The maximum absolute atomic E-state index is 12.7. The molecule has 2 rings (SSSR count). The lowest BCUT2D eigenvalue weighted by Crippen LogP contribution is -1.98. The minimum atomic E-state index is -0.264. The van der Waals surface area contributed by atoms with E-state index in [4.69, 9.17) is 4.74 Å². The molecule has 0 heterocycles. The Bertz CT molecular complexity index is 281. The maximum atomic E-state index is 12.7. The third kappa shape index (κ3) is 2.72. The van der Waals surface area contributed by atoms with Crippen LogP contribution in [0.2, 0.25) is 0 Å². The van der Waals surface area contributed by atoms with E-state index in [0.29, 0.717) is 12.4 Å². The van der Waals surface area contributed by atoms with E-state index in [2.05, 4.69) is 6.07 Å². The van der Waals surface area contributed by atoms with Gasteiger partial charge in [0, 0.05) is 12.1 Å². The van der Waals surface area contributed by atoms with Crippen LogP contribution in [0.3, 0.4) is 0 Å². The van der Waals surface area contributed by atoms with Crippen molar-refractivity contribution in [2.24, 2.45) is 5.92 Å². The molecule has 0 N–H and O–H groups in total. The standard InChI is InChI=1S/C11H12FO/c12-10-2-1-3-11(8-10)13-7-6-9-4-5-9/h1-2,8-9H,4-7H2. The average Bonchev–Trinajstić information content (AvgIpc) is 2.88. The van der Waals surface area contributed by atoms with Gasteiger partial charge in [-0.25, -0.2) is 4.39 Å². The minimum absolute atomic E-state index is 0.264. The highest BCUT2D eigenvalue weighted by molar-refractivity contribution is 5.20. The summed E-state index contributed by atoms with van der Waals surface area (Å²) in [5, 5.41) is 0. The molecule has 1 fully saturated rings. The lowest BCUT2D eigenvalue weighted by atomic mass is 10.3. The molecule has 69 valence electrons. The largest absolute Gasteiger partial charge is 0.493 e. The van der Waals surface area contributed by atoms with Crippen molar-refractivity contribution in [2.75, 3.05) is 6.61 Å². The van der Waals surface area contributed by atoms with Crippen LogP contribution in [0.4, 0.5) is 4.39 Å². The molecule has 13 heavy (non-hydrogen) atoms. The van der Waals surface area contributed by atoms with Crippen molar-refractivity contribution in [3.8, 4) is 5.75 Å². The molecule has 1 aliphatic rings. The van der Waals surface area contributed by atoms with Crippen molar-refractivity contribution in [3.05, 3.63) is 30.1 Å². The minimum Gasteiger partial charge on any atom is -0.493 e. The summed E-state index contributed by atoms with van der Waals surface area (Å²) in [4.78, 5) is 0. The molecule has 0 saturated heterocycles. The summed E-state index contributed by atoms with van der Waals surface area (Å²) < 4.78 is 18.0. The summed E-state index contributed by atoms with van der Waals surface area (Å²) >= 11 is 0. The highest BCUT2D eigenvalue weighted by Gasteiger charge is 2.20. The maximum Gasteiger partial charge on any atom is 0.130 e. The van der Waals surface area contributed by atoms with Gasteiger partial charge in [0.1, 0.15) is 11.6 Å². The SMILES string of the molecule is Fc1cc[c]c(OCCC2CC2)c1. The first-order chi connectivity index (χ1) is 6.34. The zero-order valence-corrected chi connectivity index (χ0v) is 7.42. The Labute approximate surface area is 77.5 Å². The van der Waals surface area contributed by atoms with Crippen LogP contribution in [0, 0.1) is 17.8 Å². The van der Waals surface area contributed by atoms with E-state index in [1.165, 1.54) is 25.0 Å². The highest BCUT2D eigenvalue weighted by atomic mass is 19.1. The van der Waals surface area contributed by atoms with Crippen LogP contribution in [0.5, 0.6) is 5.75 Å². The van der Waals surface area contributed by atoms with Gasteiger partial charge in [-0.15, -0.1) is 0 Å². The summed E-state index contributed by atoms with van der Waals surface area (Å²) in [6.07, 6.45) is 3.75. The van der Waals surface area contributed by atoms with Crippen molar-refractivity contribution in [1.29, 1.82) is 0 Å². The van der Waals surface area contributed by atoms with Gasteiger partial charge < -0.3 is 4.74 Å². The molecule has 1 aromatic carbocycles. The van der Waals surface area contributed by atoms with E-state index in [1.54, 1.807) is 6.07 Å². The number of benzene rings is 1. The normalized spacial score (nSPS) is 15.8. The van der Waals surface area contributed by atoms with Gasteiger partial charge >= 0.3 is 0 Å². The fraction of sp³-hybridized carbons (Fsp3) is 0.455. The van der Waals surface area contributed by atoms with Crippen LogP contribution in [0.15, 0.2) is 18.2 Å². The summed E-state index contributed by atoms with van der Waals surface area (Å²) in [5.41, 5.74) is 0. The summed E-state index contributed by atoms with van der Waals surface area (Å²) in [7, 11) is 0. The molecule has 1 saturated carbocycles.